The van der Waals surface area contributed by atoms with E-state index >= 15 is 0 Å². The first-order valence-electron chi connectivity index (χ1n) is 9.90. The molecule has 162 valence electrons. The van der Waals surface area contributed by atoms with E-state index in [-0.39, 0.29) is 11.7 Å². The van der Waals surface area contributed by atoms with Gasteiger partial charge in [-0.1, -0.05) is 29.5 Å². The zero-order chi connectivity index (χ0) is 22.9. The summed E-state index contributed by atoms with van der Waals surface area (Å²) in [5, 5.41) is 3.26. The van der Waals surface area contributed by atoms with Crippen LogP contribution in [0.25, 0.3) is 0 Å². The molecule has 0 saturated heterocycles. The molecule has 0 aliphatic rings. The van der Waals surface area contributed by atoms with Gasteiger partial charge in [0.1, 0.15) is 10.9 Å². The minimum atomic E-state index is -0.0791. The molecule has 31 heavy (non-hydrogen) atoms. The van der Waals surface area contributed by atoms with E-state index in [0.717, 1.165) is 28.1 Å². The number of rotatable bonds is 6. The average molecular weight is 455 g/mol. The molecule has 8 heteroatoms. The quantitative estimate of drug-likeness (QED) is 0.272. The summed E-state index contributed by atoms with van der Waals surface area (Å²) >= 11 is 2.90. The molecule has 6 nitrogen and oxygen atoms in total. The lowest BCUT2D eigenvalue weighted by atomic mass is 10.0. The summed E-state index contributed by atoms with van der Waals surface area (Å²) < 4.78 is 0. The minimum absolute atomic E-state index is 0.0490. The van der Waals surface area contributed by atoms with Crippen molar-refractivity contribution in [3.05, 3.63) is 57.0 Å². The van der Waals surface area contributed by atoms with Crippen LogP contribution in [0.5, 0.6) is 0 Å². The van der Waals surface area contributed by atoms with Gasteiger partial charge in [0, 0.05) is 18.1 Å². The maximum absolute atomic E-state index is 12.6. The molecule has 0 N–H and O–H groups in total. The highest BCUT2D eigenvalue weighted by molar-refractivity contribution is 7.98. The van der Waals surface area contributed by atoms with E-state index in [1.165, 1.54) is 30.0 Å². The van der Waals surface area contributed by atoms with Gasteiger partial charge < -0.3 is 0 Å². The number of ketones is 1. The second-order valence-corrected chi connectivity index (χ2v) is 9.41. The lowest BCUT2D eigenvalue weighted by Crippen LogP contribution is -2.24. The second kappa shape index (κ2) is 9.28. The molecule has 0 spiro atoms. The first-order chi connectivity index (χ1) is 14.6. The van der Waals surface area contributed by atoms with Crippen LogP contribution in [0, 0.1) is 34.6 Å². The van der Waals surface area contributed by atoms with E-state index in [1.807, 2.05) is 40.0 Å². The van der Waals surface area contributed by atoms with Crippen LogP contribution in [0.2, 0.25) is 0 Å². The van der Waals surface area contributed by atoms with Crippen LogP contribution in [0.1, 0.15) is 58.1 Å². The van der Waals surface area contributed by atoms with Crippen LogP contribution in [0.15, 0.2) is 22.5 Å². The van der Waals surface area contributed by atoms with E-state index in [1.54, 1.807) is 11.8 Å². The van der Waals surface area contributed by atoms with Crippen LogP contribution in [-0.2, 0) is 10.5 Å². The predicted octanol–water partition coefficient (Wildman–Crippen LogP) is 5.65. The lowest BCUT2D eigenvalue weighted by molar-refractivity contribution is -0.115. The Morgan fingerprint density at radius 1 is 1.00 bits per heavy atom. The first kappa shape index (κ1) is 23.1. The summed E-state index contributed by atoms with van der Waals surface area (Å²) in [6.07, 6.45) is 0. The number of benzene rings is 1. The number of Topliss-reactive ketones (excluding diaryl/α,β-unsaturated/α-hetero) is 1. The Morgan fingerprint density at radius 2 is 1.65 bits per heavy atom. The molecule has 1 aromatic carbocycles. The highest BCUT2D eigenvalue weighted by Gasteiger charge is 2.22. The molecule has 0 aliphatic carbocycles. The Balaban J connectivity index is 1.90. The second-order valence-electron chi connectivity index (χ2n) is 7.60. The maximum atomic E-state index is 12.6. The number of anilines is 2. The zero-order valence-corrected chi connectivity index (χ0v) is 20.5. The van der Waals surface area contributed by atoms with Crippen LogP contribution in [0.4, 0.5) is 10.8 Å². The fourth-order valence-electron chi connectivity index (χ4n) is 3.71. The molecule has 0 saturated carbocycles. The van der Waals surface area contributed by atoms with Crippen molar-refractivity contribution in [2.24, 2.45) is 0 Å². The van der Waals surface area contributed by atoms with E-state index in [2.05, 4.69) is 22.1 Å². The van der Waals surface area contributed by atoms with Gasteiger partial charge in [0.15, 0.2) is 10.9 Å². The summed E-state index contributed by atoms with van der Waals surface area (Å²) in [6, 6.07) is 4.15. The third-order valence-electron chi connectivity index (χ3n) is 4.78. The molecule has 0 bridgehead atoms. The van der Waals surface area contributed by atoms with Crippen molar-refractivity contribution in [1.82, 2.24) is 15.0 Å². The highest BCUT2D eigenvalue weighted by atomic mass is 32.2. The number of amides is 1. The highest BCUT2D eigenvalue weighted by Crippen LogP contribution is 2.35. The summed E-state index contributed by atoms with van der Waals surface area (Å²) in [5.74, 6) is 1.05. The van der Waals surface area contributed by atoms with Crippen LogP contribution in [0.3, 0.4) is 0 Å². The van der Waals surface area contributed by atoms with Crippen molar-refractivity contribution in [2.75, 3.05) is 4.90 Å². The van der Waals surface area contributed by atoms with Crippen molar-refractivity contribution < 1.29 is 9.59 Å². The molecular formula is C23H26N4O2S2. The maximum Gasteiger partial charge on any atom is 0.230 e. The number of carbonyl (C=O) groups excluding carboxylic acids is 2. The number of nitrogens with zero attached hydrogens (tertiary/aromatic N) is 4. The number of thiazole rings is 1. The molecule has 0 unspecified atom stereocenters. The standard InChI is InChI=1S/C23H26N4O2S2/c1-12-8-13(2)21(14(3)9-12)27(18(7)29)23-26-19(11-31-23)10-30-22-20(16(5)28)15(4)24-17(6)25-22/h8-9,11H,10H2,1-7H3. The Morgan fingerprint density at radius 3 is 2.23 bits per heavy atom. The van der Waals surface area contributed by atoms with Crippen molar-refractivity contribution in [3.63, 3.8) is 0 Å². The van der Waals surface area contributed by atoms with Gasteiger partial charge in [-0.15, -0.1) is 11.3 Å². The third kappa shape index (κ3) is 5.02. The summed E-state index contributed by atoms with van der Waals surface area (Å²) in [4.78, 5) is 39.8. The van der Waals surface area contributed by atoms with E-state index in [9.17, 15) is 9.59 Å². The minimum Gasteiger partial charge on any atom is -0.294 e. The average Bonchev–Trinajstić information content (AvgIpc) is 3.09. The zero-order valence-electron chi connectivity index (χ0n) is 18.9. The van der Waals surface area contributed by atoms with Gasteiger partial charge in [-0.2, -0.15) is 0 Å². The van der Waals surface area contributed by atoms with Gasteiger partial charge in [-0.05, 0) is 52.7 Å². The number of carbonyl (C=O) groups is 2. The fraction of sp³-hybridized carbons (Fsp3) is 0.348. The molecule has 3 aromatic rings. The molecule has 0 atom stereocenters. The SMILES string of the molecule is CC(=O)c1c(C)nc(C)nc1SCc1csc(N(C(C)=O)c2c(C)cc(C)cc2C)n1. The van der Waals surface area contributed by atoms with Gasteiger partial charge in [-0.25, -0.2) is 15.0 Å². The molecule has 2 heterocycles. The monoisotopic (exact) mass is 454 g/mol. The largest absolute Gasteiger partial charge is 0.294 e. The normalized spacial score (nSPS) is 10.9. The van der Waals surface area contributed by atoms with E-state index < -0.39 is 0 Å². The third-order valence-corrected chi connectivity index (χ3v) is 6.67. The van der Waals surface area contributed by atoms with Crippen molar-refractivity contribution in [3.8, 4) is 0 Å². The topological polar surface area (TPSA) is 76.1 Å². The molecule has 0 aliphatic heterocycles. The van der Waals surface area contributed by atoms with Gasteiger partial charge in [0.05, 0.1) is 22.6 Å². The smallest absolute Gasteiger partial charge is 0.230 e. The van der Waals surface area contributed by atoms with Crippen LogP contribution < -0.4 is 4.90 Å². The molecule has 0 fully saturated rings. The van der Waals surface area contributed by atoms with Crippen LogP contribution >= 0.6 is 23.1 Å². The summed E-state index contributed by atoms with van der Waals surface area (Å²) in [6.45, 7) is 12.8. The summed E-state index contributed by atoms with van der Waals surface area (Å²) in [7, 11) is 0. The number of hydrogen-bond acceptors (Lipinski definition) is 7. The number of hydrogen-bond donors (Lipinski definition) is 0. The molecule has 2 aromatic heterocycles. The van der Waals surface area contributed by atoms with Crippen molar-refractivity contribution >= 4 is 45.6 Å². The predicted molar refractivity (Wildman–Crippen MR) is 127 cm³/mol. The van der Waals surface area contributed by atoms with Crippen LogP contribution in [-0.4, -0.2) is 26.6 Å². The Labute approximate surface area is 191 Å². The van der Waals surface area contributed by atoms with Crippen molar-refractivity contribution in [2.45, 2.75) is 59.2 Å². The van der Waals surface area contributed by atoms with Gasteiger partial charge in [0.2, 0.25) is 5.91 Å². The fourth-order valence-corrected chi connectivity index (χ4v) is 5.75. The molecule has 3 rings (SSSR count). The lowest BCUT2D eigenvalue weighted by Gasteiger charge is -2.23. The first-order valence-corrected chi connectivity index (χ1v) is 11.8. The van der Waals surface area contributed by atoms with Gasteiger partial charge >= 0.3 is 0 Å². The molecule has 0 radical (unpaired) electrons. The molecule has 1 amide bonds. The number of aryl methyl sites for hydroxylation is 5. The van der Waals surface area contributed by atoms with Crippen molar-refractivity contribution in [1.29, 1.82) is 0 Å². The summed E-state index contributed by atoms with van der Waals surface area (Å²) in [5.41, 5.74) is 6.20. The van der Waals surface area contributed by atoms with Gasteiger partial charge in [0.25, 0.3) is 0 Å². The number of thioether (sulfide) groups is 1. The van der Waals surface area contributed by atoms with E-state index in [0.29, 0.717) is 33.0 Å². The Bertz CT molecular complexity index is 1150. The molecular weight excluding hydrogens is 428 g/mol. The van der Waals surface area contributed by atoms with E-state index in [4.69, 9.17) is 4.98 Å². The Kier molecular flexibility index (Phi) is 6.91. The van der Waals surface area contributed by atoms with Gasteiger partial charge in [-0.3, -0.25) is 14.5 Å². The Hall–Kier alpha value is -2.58. The number of aromatic nitrogens is 3.